The number of aliphatic hydroxyl groups is 1. The number of thiophene rings is 1. The molecule has 8 nitrogen and oxygen atoms in total. The average molecular weight is 544 g/mol. The molecule has 1 amide bonds. The number of rotatable bonds is 9. The molecule has 0 aliphatic carbocycles. The van der Waals surface area contributed by atoms with Gasteiger partial charge in [0, 0.05) is 25.6 Å². The first-order valence-electron chi connectivity index (χ1n) is 12.2. The summed E-state index contributed by atoms with van der Waals surface area (Å²) in [5.74, 6) is -0.199. The number of nitrogens with one attached hydrogen (secondary N) is 1. The molecule has 3 aromatic rings. The number of hydrogen-bond donors (Lipinski definition) is 2. The lowest BCUT2D eigenvalue weighted by molar-refractivity contribution is 0.0344. The van der Waals surface area contributed by atoms with Crippen LogP contribution in [0, 0.1) is 5.92 Å². The Labute approximate surface area is 222 Å². The Kier molecular flexibility index (Phi) is 8.53. The molecule has 0 fully saturated rings. The minimum atomic E-state index is -3.86. The molecule has 10 heteroatoms. The minimum Gasteiger partial charge on any atom is -0.486 e. The molecular weight excluding hydrogens is 510 g/mol. The van der Waals surface area contributed by atoms with Crippen molar-refractivity contribution < 1.29 is 23.1 Å². The average Bonchev–Trinajstić information content (AvgIpc) is 3.43. The van der Waals surface area contributed by atoms with Gasteiger partial charge < -0.3 is 14.7 Å². The van der Waals surface area contributed by atoms with E-state index in [9.17, 15) is 18.3 Å². The topological polar surface area (TPSA) is 99.2 Å². The highest BCUT2D eigenvalue weighted by Gasteiger charge is 2.35. The number of benzene rings is 2. The molecule has 0 saturated heterocycles. The van der Waals surface area contributed by atoms with E-state index in [2.05, 4.69) is 21.8 Å². The van der Waals surface area contributed by atoms with Crippen molar-refractivity contribution in [1.82, 2.24) is 9.80 Å². The maximum Gasteiger partial charge on any atom is 0.271 e. The number of amides is 1. The van der Waals surface area contributed by atoms with Gasteiger partial charge in [0.2, 0.25) is 0 Å². The first-order chi connectivity index (χ1) is 17.7. The number of fused-ring (bicyclic) bond motifs is 1. The fraction of sp³-hybridized carbons (Fsp3) is 0.370. The van der Waals surface area contributed by atoms with Crippen LogP contribution in [0.3, 0.4) is 0 Å². The van der Waals surface area contributed by atoms with Crippen molar-refractivity contribution in [2.75, 3.05) is 31.5 Å². The Morgan fingerprint density at radius 1 is 1.16 bits per heavy atom. The molecule has 1 aliphatic heterocycles. The molecule has 198 valence electrons. The van der Waals surface area contributed by atoms with Crippen molar-refractivity contribution in [2.45, 2.75) is 36.7 Å². The monoisotopic (exact) mass is 543 g/mol. The number of carbonyl (C=O) groups excluding carboxylic acids is 1. The number of carbonyl (C=O) groups is 1. The minimum absolute atomic E-state index is 0.0914. The van der Waals surface area contributed by atoms with E-state index in [-0.39, 0.29) is 45.7 Å². The molecule has 2 N–H and O–H groups in total. The fourth-order valence-electron chi connectivity index (χ4n) is 4.42. The maximum atomic E-state index is 13.6. The first-order valence-corrected chi connectivity index (χ1v) is 14.6. The number of sulfonamides is 1. The van der Waals surface area contributed by atoms with Crippen molar-refractivity contribution in [2.24, 2.45) is 5.92 Å². The summed E-state index contributed by atoms with van der Waals surface area (Å²) in [6, 6.07) is 17.8. The second-order valence-corrected chi connectivity index (χ2v) is 12.4. The van der Waals surface area contributed by atoms with Gasteiger partial charge in [-0.3, -0.25) is 14.4 Å². The summed E-state index contributed by atoms with van der Waals surface area (Å²) in [6.45, 7) is 5.29. The van der Waals surface area contributed by atoms with Gasteiger partial charge in [0.15, 0.2) is 5.75 Å². The predicted molar refractivity (Wildman–Crippen MR) is 146 cm³/mol. The first kappa shape index (κ1) is 27.1. The SMILES string of the molecule is C[C@@H]1CN([C@@H](C)CO)C(=O)c2cccc(NS(=O)(=O)c3cccs3)c2O[C@H]1CN(C)Cc1ccccc1. The Bertz CT molecular complexity index is 1300. The summed E-state index contributed by atoms with van der Waals surface area (Å²) in [7, 11) is -1.85. The van der Waals surface area contributed by atoms with E-state index in [1.165, 1.54) is 11.6 Å². The van der Waals surface area contributed by atoms with Crippen molar-refractivity contribution in [1.29, 1.82) is 0 Å². The van der Waals surface area contributed by atoms with Crippen molar-refractivity contribution >= 4 is 33.0 Å². The van der Waals surface area contributed by atoms with Crippen LogP contribution in [0.4, 0.5) is 5.69 Å². The summed E-state index contributed by atoms with van der Waals surface area (Å²) in [6.07, 6.45) is -0.346. The van der Waals surface area contributed by atoms with Crippen LogP contribution in [-0.4, -0.2) is 68.1 Å². The third kappa shape index (κ3) is 6.32. The number of hydrogen-bond acceptors (Lipinski definition) is 7. The molecule has 0 saturated carbocycles. The van der Waals surface area contributed by atoms with E-state index >= 15 is 0 Å². The summed E-state index contributed by atoms with van der Waals surface area (Å²) in [4.78, 5) is 17.4. The van der Waals surface area contributed by atoms with E-state index in [1.54, 1.807) is 41.5 Å². The van der Waals surface area contributed by atoms with Crippen LogP contribution < -0.4 is 9.46 Å². The number of aliphatic hydroxyl groups excluding tert-OH is 1. The highest BCUT2D eigenvalue weighted by molar-refractivity contribution is 7.94. The van der Waals surface area contributed by atoms with Gasteiger partial charge in [0.05, 0.1) is 23.9 Å². The van der Waals surface area contributed by atoms with Gasteiger partial charge >= 0.3 is 0 Å². The van der Waals surface area contributed by atoms with E-state index in [1.807, 2.05) is 32.2 Å². The number of ether oxygens (including phenoxy) is 1. The normalized spacial score (nSPS) is 19.1. The molecule has 37 heavy (non-hydrogen) atoms. The van der Waals surface area contributed by atoms with Crippen LogP contribution in [0.25, 0.3) is 0 Å². The lowest BCUT2D eigenvalue weighted by Crippen LogP contribution is -2.49. The highest BCUT2D eigenvalue weighted by atomic mass is 32.2. The summed E-state index contributed by atoms with van der Waals surface area (Å²) < 4.78 is 35.4. The standard InChI is InChI=1S/C27H33N3O5S2/c1-19-15-30(20(2)18-31)27(32)22-11-7-12-23(28-37(33,34)25-13-8-14-36-25)26(22)35-24(19)17-29(3)16-21-9-5-4-6-10-21/h4-14,19-20,24,28,31H,15-18H2,1-3H3/t19-,20+,24+/m1/s1. The predicted octanol–water partition coefficient (Wildman–Crippen LogP) is 3.90. The maximum absolute atomic E-state index is 13.6. The van der Waals surface area contributed by atoms with Gasteiger partial charge in [-0.1, -0.05) is 49.4 Å². The lowest BCUT2D eigenvalue weighted by Gasteiger charge is -2.38. The van der Waals surface area contributed by atoms with Crippen molar-refractivity contribution in [3.63, 3.8) is 0 Å². The van der Waals surface area contributed by atoms with Crippen LogP contribution in [-0.2, 0) is 16.6 Å². The molecule has 1 aliphatic rings. The van der Waals surface area contributed by atoms with E-state index in [0.717, 1.165) is 11.3 Å². The van der Waals surface area contributed by atoms with E-state index < -0.39 is 16.1 Å². The largest absolute Gasteiger partial charge is 0.486 e. The quantitative estimate of drug-likeness (QED) is 0.425. The number of likely N-dealkylation sites (N-methyl/N-ethyl adjacent to an activating group) is 1. The third-order valence-electron chi connectivity index (χ3n) is 6.48. The van der Waals surface area contributed by atoms with Gasteiger partial charge in [0.25, 0.3) is 15.9 Å². The Hall–Kier alpha value is -2.92. The van der Waals surface area contributed by atoms with Crippen LogP contribution in [0.1, 0.15) is 29.8 Å². The second-order valence-electron chi connectivity index (χ2n) is 9.52. The zero-order chi connectivity index (χ0) is 26.6. The van der Waals surface area contributed by atoms with Gasteiger partial charge in [-0.05, 0) is 43.1 Å². The highest BCUT2D eigenvalue weighted by Crippen LogP contribution is 2.36. The number of anilines is 1. The van der Waals surface area contributed by atoms with E-state index in [0.29, 0.717) is 19.6 Å². The van der Waals surface area contributed by atoms with Crippen molar-refractivity contribution in [3.8, 4) is 5.75 Å². The van der Waals surface area contributed by atoms with Crippen molar-refractivity contribution in [3.05, 3.63) is 77.2 Å². The molecule has 1 aromatic heterocycles. The van der Waals surface area contributed by atoms with Gasteiger partial charge in [0.1, 0.15) is 10.3 Å². The molecule has 4 rings (SSSR count). The van der Waals surface area contributed by atoms with Crippen LogP contribution in [0.5, 0.6) is 5.75 Å². The summed E-state index contributed by atoms with van der Waals surface area (Å²) >= 11 is 1.11. The van der Waals surface area contributed by atoms with Gasteiger partial charge in [-0.25, -0.2) is 8.42 Å². The molecule has 0 radical (unpaired) electrons. The Balaban J connectivity index is 1.70. The number of para-hydroxylation sites is 1. The van der Waals surface area contributed by atoms with E-state index in [4.69, 9.17) is 4.74 Å². The van der Waals surface area contributed by atoms with Crippen LogP contribution in [0.15, 0.2) is 70.3 Å². The molecule has 2 aromatic carbocycles. The molecule has 2 heterocycles. The third-order valence-corrected chi connectivity index (χ3v) is 9.25. The molecular formula is C27H33N3O5S2. The summed E-state index contributed by atoms with van der Waals surface area (Å²) in [5, 5.41) is 11.6. The fourth-order valence-corrected chi connectivity index (χ4v) is 6.48. The van der Waals surface area contributed by atoms with Gasteiger partial charge in [-0.2, -0.15) is 0 Å². The smallest absolute Gasteiger partial charge is 0.271 e. The molecule has 0 spiro atoms. The molecule has 0 bridgehead atoms. The Morgan fingerprint density at radius 3 is 2.59 bits per heavy atom. The van der Waals surface area contributed by atoms with Crippen LogP contribution in [0.2, 0.25) is 0 Å². The zero-order valence-electron chi connectivity index (χ0n) is 21.2. The van der Waals surface area contributed by atoms with Gasteiger partial charge in [-0.15, -0.1) is 11.3 Å². The molecule has 0 unspecified atom stereocenters. The molecule has 3 atom stereocenters. The lowest BCUT2D eigenvalue weighted by atomic mass is 9.99. The summed E-state index contributed by atoms with van der Waals surface area (Å²) in [5.41, 5.74) is 1.63. The Morgan fingerprint density at radius 2 is 1.92 bits per heavy atom. The van der Waals surface area contributed by atoms with Crippen LogP contribution >= 0.6 is 11.3 Å². The number of nitrogens with zero attached hydrogens (tertiary/aromatic N) is 2. The zero-order valence-corrected chi connectivity index (χ0v) is 22.8. The second kappa shape index (κ2) is 11.6.